The quantitative estimate of drug-likeness (QED) is 0.531. The summed E-state index contributed by atoms with van der Waals surface area (Å²) in [5.74, 6) is 2.23. The van der Waals surface area contributed by atoms with E-state index < -0.39 is 15.4 Å². The molecule has 8 heteroatoms. The van der Waals surface area contributed by atoms with E-state index in [1.807, 2.05) is 36.4 Å². The molecule has 0 saturated carbocycles. The highest BCUT2D eigenvalue weighted by Gasteiger charge is 2.34. The van der Waals surface area contributed by atoms with Crippen molar-refractivity contribution in [3.63, 3.8) is 0 Å². The predicted octanol–water partition coefficient (Wildman–Crippen LogP) is 4.47. The van der Waals surface area contributed by atoms with Crippen LogP contribution in [0.5, 0.6) is 23.0 Å². The van der Waals surface area contributed by atoms with Gasteiger partial charge in [0.05, 0.1) is 19.9 Å². The summed E-state index contributed by atoms with van der Waals surface area (Å²) in [4.78, 5) is 4.48. The van der Waals surface area contributed by atoms with Crippen LogP contribution in [0.1, 0.15) is 21.9 Å². The maximum Gasteiger partial charge on any atom is 0.277 e. The van der Waals surface area contributed by atoms with E-state index in [0.717, 1.165) is 5.56 Å². The van der Waals surface area contributed by atoms with Gasteiger partial charge in [-0.25, -0.2) is 0 Å². The maximum absolute atomic E-state index is 12.5. The van der Waals surface area contributed by atoms with Crippen molar-refractivity contribution in [2.45, 2.75) is 11.7 Å². The molecule has 0 fully saturated rings. The van der Waals surface area contributed by atoms with Crippen molar-refractivity contribution in [2.24, 2.45) is 4.99 Å². The Morgan fingerprint density at radius 1 is 0.906 bits per heavy atom. The van der Waals surface area contributed by atoms with E-state index in [-0.39, 0.29) is 5.71 Å². The van der Waals surface area contributed by atoms with Crippen LogP contribution in [0.25, 0.3) is 0 Å². The molecule has 1 unspecified atom stereocenters. The third-order valence-electron chi connectivity index (χ3n) is 5.26. The molecular formula is C24H23NO6S. The summed E-state index contributed by atoms with van der Waals surface area (Å²) in [6, 6.07) is 19.4. The van der Waals surface area contributed by atoms with Crippen LogP contribution < -0.4 is 14.2 Å². The molecule has 3 aromatic carbocycles. The summed E-state index contributed by atoms with van der Waals surface area (Å²) in [5.41, 5.74) is 2.15. The molecule has 7 nitrogen and oxygen atoms in total. The van der Waals surface area contributed by atoms with Crippen LogP contribution in [-0.2, 0) is 16.5 Å². The fraction of sp³-hybridized carbons (Fsp3) is 0.208. The van der Waals surface area contributed by atoms with Gasteiger partial charge >= 0.3 is 0 Å². The van der Waals surface area contributed by atoms with E-state index in [1.54, 1.807) is 37.4 Å². The van der Waals surface area contributed by atoms with Gasteiger partial charge in [-0.1, -0.05) is 30.3 Å². The van der Waals surface area contributed by atoms with Gasteiger partial charge in [-0.2, -0.15) is 8.42 Å². The Morgan fingerprint density at radius 2 is 1.53 bits per heavy atom. The number of ether oxygens (including phenoxy) is 3. The first-order chi connectivity index (χ1) is 15.4. The lowest BCUT2D eigenvalue weighted by molar-refractivity contribution is 0.354. The highest BCUT2D eigenvalue weighted by molar-refractivity contribution is 7.86. The molecule has 0 aliphatic carbocycles. The topological polar surface area (TPSA) is 94.4 Å². The zero-order valence-corrected chi connectivity index (χ0v) is 18.5. The highest BCUT2D eigenvalue weighted by atomic mass is 32.2. The zero-order chi connectivity index (χ0) is 22.7. The Bertz CT molecular complexity index is 1240. The molecule has 3 aromatic rings. The standard InChI is InChI=1S/C24H23NO6S/c1-29-21-14-17-12-13-25-23(20(17)15-22(21)30-2)24(32(26,27)28)16-8-10-19(11-9-16)31-18-6-4-3-5-7-18/h3-11,14-15,24H,12-13H2,1-2H3,(H,26,27,28). The van der Waals surface area contributed by atoms with Gasteiger partial charge in [0, 0.05) is 12.1 Å². The van der Waals surface area contributed by atoms with Gasteiger partial charge in [0.2, 0.25) is 0 Å². The van der Waals surface area contributed by atoms with Crippen LogP contribution in [0.4, 0.5) is 0 Å². The van der Waals surface area contributed by atoms with Crippen molar-refractivity contribution in [2.75, 3.05) is 20.8 Å². The molecule has 1 atom stereocenters. The number of aliphatic imine (C=N–C) groups is 1. The van der Waals surface area contributed by atoms with Gasteiger partial charge in [-0.15, -0.1) is 0 Å². The molecule has 166 valence electrons. The molecule has 0 saturated heterocycles. The third-order valence-corrected chi connectivity index (χ3v) is 6.35. The van der Waals surface area contributed by atoms with E-state index in [4.69, 9.17) is 14.2 Å². The van der Waals surface area contributed by atoms with Crippen molar-refractivity contribution < 1.29 is 27.2 Å². The Hall–Kier alpha value is -3.36. The molecule has 0 bridgehead atoms. The summed E-state index contributed by atoms with van der Waals surface area (Å²) >= 11 is 0. The first kappa shape index (κ1) is 21.9. The fourth-order valence-electron chi connectivity index (χ4n) is 3.78. The Balaban J connectivity index is 1.72. The number of benzene rings is 3. The van der Waals surface area contributed by atoms with Crippen LogP contribution in [0.15, 0.2) is 71.7 Å². The smallest absolute Gasteiger partial charge is 0.277 e. The molecule has 4 rings (SSSR count). The molecule has 1 aliphatic rings. The molecule has 32 heavy (non-hydrogen) atoms. The summed E-state index contributed by atoms with van der Waals surface area (Å²) < 4.78 is 51.6. The Labute approximate surface area is 187 Å². The van der Waals surface area contributed by atoms with E-state index in [1.165, 1.54) is 7.11 Å². The minimum absolute atomic E-state index is 0.270. The van der Waals surface area contributed by atoms with Gasteiger partial charge in [0.1, 0.15) is 11.5 Å². The predicted molar refractivity (Wildman–Crippen MR) is 122 cm³/mol. The summed E-state index contributed by atoms with van der Waals surface area (Å²) in [6.45, 7) is 0.402. The lowest BCUT2D eigenvalue weighted by Crippen LogP contribution is -2.26. The highest BCUT2D eigenvalue weighted by Crippen LogP contribution is 2.37. The Kier molecular flexibility index (Phi) is 6.16. The van der Waals surface area contributed by atoms with Crippen molar-refractivity contribution in [1.82, 2.24) is 0 Å². The minimum Gasteiger partial charge on any atom is -0.493 e. The molecule has 0 radical (unpaired) electrons. The SMILES string of the molecule is COc1cc2c(cc1OC)C(C(c1ccc(Oc3ccccc3)cc1)S(=O)(=O)O)=NCC2. The maximum atomic E-state index is 12.5. The van der Waals surface area contributed by atoms with Crippen molar-refractivity contribution in [1.29, 1.82) is 0 Å². The molecule has 0 amide bonds. The van der Waals surface area contributed by atoms with Crippen LogP contribution in [0, 0.1) is 0 Å². The van der Waals surface area contributed by atoms with Crippen molar-refractivity contribution in [3.05, 3.63) is 83.4 Å². The van der Waals surface area contributed by atoms with Gasteiger partial charge in [0.25, 0.3) is 10.1 Å². The lowest BCUT2D eigenvalue weighted by Gasteiger charge is -2.24. The number of methoxy groups -OCH3 is 2. The first-order valence-electron chi connectivity index (χ1n) is 9.99. The monoisotopic (exact) mass is 453 g/mol. The van der Waals surface area contributed by atoms with Gasteiger partial charge in [0.15, 0.2) is 16.7 Å². The number of hydrogen-bond donors (Lipinski definition) is 1. The second-order valence-corrected chi connectivity index (χ2v) is 8.76. The summed E-state index contributed by atoms with van der Waals surface area (Å²) in [7, 11) is -1.46. The average molecular weight is 454 g/mol. The molecule has 1 heterocycles. The minimum atomic E-state index is -4.51. The van der Waals surface area contributed by atoms with Gasteiger partial charge in [-0.05, 0) is 53.9 Å². The van der Waals surface area contributed by atoms with E-state index in [2.05, 4.69) is 4.99 Å². The van der Waals surface area contributed by atoms with E-state index in [9.17, 15) is 13.0 Å². The lowest BCUT2D eigenvalue weighted by atomic mass is 9.92. The zero-order valence-electron chi connectivity index (χ0n) is 17.7. The van der Waals surface area contributed by atoms with Crippen LogP contribution >= 0.6 is 0 Å². The number of para-hydroxylation sites is 1. The number of fused-ring (bicyclic) bond motifs is 1. The largest absolute Gasteiger partial charge is 0.493 e. The van der Waals surface area contributed by atoms with E-state index >= 15 is 0 Å². The Morgan fingerprint density at radius 3 is 2.16 bits per heavy atom. The summed E-state index contributed by atoms with van der Waals surface area (Å²) in [6.07, 6.45) is 0.626. The van der Waals surface area contributed by atoms with Gasteiger partial charge < -0.3 is 14.2 Å². The average Bonchev–Trinajstić information content (AvgIpc) is 2.79. The van der Waals surface area contributed by atoms with Gasteiger partial charge in [-0.3, -0.25) is 9.55 Å². The van der Waals surface area contributed by atoms with E-state index in [0.29, 0.717) is 47.1 Å². The first-order valence-corrected chi connectivity index (χ1v) is 11.5. The second kappa shape index (κ2) is 9.02. The molecular weight excluding hydrogens is 430 g/mol. The van der Waals surface area contributed by atoms with Crippen molar-refractivity contribution >= 4 is 15.8 Å². The number of rotatable bonds is 7. The summed E-state index contributed by atoms with van der Waals surface area (Å²) in [5, 5.41) is -1.34. The molecule has 1 N–H and O–H groups in total. The number of nitrogens with zero attached hydrogens (tertiary/aromatic N) is 1. The third kappa shape index (κ3) is 4.46. The van der Waals surface area contributed by atoms with Crippen LogP contribution in [-0.4, -0.2) is 39.4 Å². The molecule has 0 aromatic heterocycles. The normalized spacial score (nSPS) is 14.2. The van der Waals surface area contributed by atoms with Crippen LogP contribution in [0.2, 0.25) is 0 Å². The second-order valence-electron chi connectivity index (χ2n) is 7.26. The molecule has 1 aliphatic heterocycles. The van der Waals surface area contributed by atoms with Crippen LogP contribution in [0.3, 0.4) is 0 Å². The molecule has 0 spiro atoms. The van der Waals surface area contributed by atoms with Crippen molar-refractivity contribution in [3.8, 4) is 23.0 Å². The number of hydrogen-bond acceptors (Lipinski definition) is 6. The fourth-order valence-corrected chi connectivity index (χ4v) is 4.76.